The van der Waals surface area contributed by atoms with Crippen molar-refractivity contribution < 1.29 is 4.42 Å². The first-order valence-electron chi connectivity index (χ1n) is 4.33. The van der Waals surface area contributed by atoms with Crippen molar-refractivity contribution in [1.82, 2.24) is 4.98 Å². The summed E-state index contributed by atoms with van der Waals surface area (Å²) in [4.78, 5) is 5.28. The highest BCUT2D eigenvalue weighted by molar-refractivity contribution is 7.16. The van der Waals surface area contributed by atoms with Gasteiger partial charge in [-0.3, -0.25) is 0 Å². The van der Waals surface area contributed by atoms with Crippen LogP contribution in [0.5, 0.6) is 0 Å². The Bertz CT molecular complexity index is 524. The Kier molecular flexibility index (Phi) is 1.64. The molecule has 0 radical (unpaired) electrons. The van der Waals surface area contributed by atoms with Crippen molar-refractivity contribution in [3.8, 4) is 11.5 Å². The van der Waals surface area contributed by atoms with Crippen LogP contribution in [0.1, 0.15) is 0 Å². The molecule has 0 fully saturated rings. The average molecular weight is 201 g/mol. The Hall–Kier alpha value is -1.61. The molecule has 0 spiro atoms. The summed E-state index contributed by atoms with van der Waals surface area (Å²) in [7, 11) is 0. The molecular formula is C11H7NOS. The molecular weight excluding hydrogens is 194 g/mol. The largest absolute Gasteiger partial charge is 0.425 e. The van der Waals surface area contributed by atoms with Gasteiger partial charge >= 0.3 is 0 Å². The van der Waals surface area contributed by atoms with Crippen molar-refractivity contribution in [2.75, 3.05) is 0 Å². The molecule has 0 N–H and O–H groups in total. The van der Waals surface area contributed by atoms with E-state index in [1.807, 2.05) is 41.8 Å². The van der Waals surface area contributed by atoms with E-state index < -0.39 is 0 Å². The van der Waals surface area contributed by atoms with E-state index >= 15 is 0 Å². The fourth-order valence-corrected chi connectivity index (χ4v) is 2.05. The van der Waals surface area contributed by atoms with Crippen molar-refractivity contribution in [1.29, 1.82) is 0 Å². The summed E-state index contributed by atoms with van der Waals surface area (Å²) in [6.45, 7) is 0. The van der Waals surface area contributed by atoms with E-state index in [9.17, 15) is 0 Å². The summed E-state index contributed by atoms with van der Waals surface area (Å²) in [5, 5.41) is 1.98. The zero-order valence-electron chi connectivity index (χ0n) is 7.31. The quantitative estimate of drug-likeness (QED) is 0.601. The lowest BCUT2D eigenvalue weighted by molar-refractivity contribution is 0.627. The topological polar surface area (TPSA) is 26.0 Å². The number of nitrogens with zero attached hydrogens (tertiary/aromatic N) is 1. The number of aromatic nitrogens is 1. The molecule has 0 aliphatic heterocycles. The number of benzene rings is 1. The second-order valence-electron chi connectivity index (χ2n) is 2.98. The van der Waals surface area contributed by atoms with Crippen LogP contribution in [0.15, 0.2) is 46.2 Å². The molecule has 2 aromatic heterocycles. The Morgan fingerprint density at radius 1 is 1.07 bits per heavy atom. The molecule has 0 atom stereocenters. The zero-order valence-corrected chi connectivity index (χ0v) is 8.12. The molecule has 0 bridgehead atoms. The summed E-state index contributed by atoms with van der Waals surface area (Å²) >= 11 is 1.57. The van der Waals surface area contributed by atoms with E-state index in [0.717, 1.165) is 16.0 Å². The number of rotatable bonds is 1. The van der Waals surface area contributed by atoms with E-state index in [2.05, 4.69) is 4.98 Å². The lowest BCUT2D eigenvalue weighted by atomic mass is 10.2. The first-order chi connectivity index (χ1) is 6.93. The first-order valence-corrected chi connectivity index (χ1v) is 5.21. The molecule has 68 valence electrons. The van der Waals surface area contributed by atoms with Crippen LogP contribution < -0.4 is 0 Å². The lowest BCUT2D eigenvalue weighted by Crippen LogP contribution is -1.74. The standard InChI is InChI=1S/C11H7NOS/c1-2-4-8(5-3-1)10-12-9-6-7-14-11(9)13-10/h1-7H. The number of oxazole rings is 1. The molecule has 14 heavy (non-hydrogen) atoms. The molecule has 0 amide bonds. The molecule has 2 heterocycles. The molecule has 0 saturated carbocycles. The molecule has 3 heteroatoms. The van der Waals surface area contributed by atoms with Crippen LogP contribution in [0.25, 0.3) is 21.9 Å². The van der Waals surface area contributed by atoms with E-state index in [-0.39, 0.29) is 0 Å². The van der Waals surface area contributed by atoms with Crippen molar-refractivity contribution >= 4 is 21.8 Å². The summed E-state index contributed by atoms with van der Waals surface area (Å²) in [6.07, 6.45) is 0. The predicted octanol–water partition coefficient (Wildman–Crippen LogP) is 3.56. The van der Waals surface area contributed by atoms with Crippen LogP contribution in [0.4, 0.5) is 0 Å². The highest BCUT2D eigenvalue weighted by Gasteiger charge is 2.07. The summed E-state index contributed by atoms with van der Waals surface area (Å²) in [5.41, 5.74) is 1.96. The van der Waals surface area contributed by atoms with Crippen LogP contribution in [0.3, 0.4) is 0 Å². The Morgan fingerprint density at radius 3 is 2.71 bits per heavy atom. The molecule has 1 aromatic carbocycles. The fourth-order valence-electron chi connectivity index (χ4n) is 1.37. The molecule has 0 aliphatic carbocycles. The van der Waals surface area contributed by atoms with Gasteiger partial charge in [0.15, 0.2) is 0 Å². The van der Waals surface area contributed by atoms with Gasteiger partial charge in [0.1, 0.15) is 5.52 Å². The Balaban J connectivity index is 2.19. The summed E-state index contributed by atoms with van der Waals surface area (Å²) in [5.74, 6) is 0.701. The first kappa shape index (κ1) is 7.76. The third kappa shape index (κ3) is 1.14. The third-order valence-corrected chi connectivity index (χ3v) is 2.82. The second kappa shape index (κ2) is 2.96. The Morgan fingerprint density at radius 2 is 1.93 bits per heavy atom. The van der Waals surface area contributed by atoms with Gasteiger partial charge in [0, 0.05) is 5.56 Å². The highest BCUT2D eigenvalue weighted by atomic mass is 32.1. The summed E-state index contributed by atoms with van der Waals surface area (Å²) in [6, 6.07) is 11.9. The maximum absolute atomic E-state index is 5.60. The second-order valence-corrected chi connectivity index (χ2v) is 3.86. The van der Waals surface area contributed by atoms with E-state index in [4.69, 9.17) is 4.42 Å². The molecule has 2 nitrogen and oxygen atoms in total. The molecule has 0 unspecified atom stereocenters. The van der Waals surface area contributed by atoms with Crippen molar-refractivity contribution in [2.45, 2.75) is 0 Å². The van der Waals surface area contributed by atoms with Gasteiger partial charge in [0.2, 0.25) is 10.8 Å². The van der Waals surface area contributed by atoms with Crippen LogP contribution in [-0.2, 0) is 0 Å². The fraction of sp³-hybridized carbons (Fsp3) is 0. The number of hydrogen-bond donors (Lipinski definition) is 0. The van der Waals surface area contributed by atoms with Gasteiger partial charge < -0.3 is 4.42 Å². The minimum Gasteiger partial charge on any atom is -0.425 e. The number of thiophene rings is 1. The van der Waals surface area contributed by atoms with Crippen molar-refractivity contribution in [2.24, 2.45) is 0 Å². The highest BCUT2D eigenvalue weighted by Crippen LogP contribution is 2.27. The van der Waals surface area contributed by atoms with Crippen LogP contribution >= 0.6 is 11.3 Å². The lowest BCUT2D eigenvalue weighted by Gasteiger charge is -1.91. The maximum Gasteiger partial charge on any atom is 0.228 e. The minimum absolute atomic E-state index is 0.701. The zero-order chi connectivity index (χ0) is 9.38. The van der Waals surface area contributed by atoms with Crippen molar-refractivity contribution in [3.05, 3.63) is 41.8 Å². The van der Waals surface area contributed by atoms with E-state index in [1.165, 1.54) is 0 Å². The van der Waals surface area contributed by atoms with Crippen LogP contribution in [0, 0.1) is 0 Å². The van der Waals surface area contributed by atoms with Crippen LogP contribution in [-0.4, -0.2) is 4.98 Å². The van der Waals surface area contributed by atoms with E-state index in [0.29, 0.717) is 5.89 Å². The van der Waals surface area contributed by atoms with Gasteiger partial charge in [-0.1, -0.05) is 18.2 Å². The van der Waals surface area contributed by atoms with Crippen LogP contribution in [0.2, 0.25) is 0 Å². The monoisotopic (exact) mass is 201 g/mol. The molecule has 3 rings (SSSR count). The predicted molar refractivity (Wildman–Crippen MR) is 57.3 cm³/mol. The molecule has 3 aromatic rings. The number of hydrogen-bond acceptors (Lipinski definition) is 3. The average Bonchev–Trinajstić information content (AvgIpc) is 2.78. The molecule has 0 saturated heterocycles. The molecule has 0 aliphatic rings. The van der Waals surface area contributed by atoms with Gasteiger partial charge in [0.25, 0.3) is 0 Å². The van der Waals surface area contributed by atoms with Gasteiger partial charge in [-0.2, -0.15) is 0 Å². The smallest absolute Gasteiger partial charge is 0.228 e. The van der Waals surface area contributed by atoms with Gasteiger partial charge in [-0.05, 0) is 23.6 Å². The summed E-state index contributed by atoms with van der Waals surface area (Å²) < 4.78 is 5.60. The van der Waals surface area contributed by atoms with Gasteiger partial charge in [-0.15, -0.1) is 11.3 Å². The third-order valence-electron chi connectivity index (χ3n) is 2.04. The minimum atomic E-state index is 0.701. The van der Waals surface area contributed by atoms with Crippen molar-refractivity contribution in [3.63, 3.8) is 0 Å². The SMILES string of the molecule is c1ccc(-c2nc3ccsc3o2)cc1. The van der Waals surface area contributed by atoms with E-state index in [1.54, 1.807) is 11.3 Å². The number of fused-ring (bicyclic) bond motifs is 1. The maximum atomic E-state index is 5.60. The Labute approximate surface area is 84.8 Å². The van der Waals surface area contributed by atoms with Gasteiger partial charge in [-0.25, -0.2) is 4.98 Å². The normalized spacial score (nSPS) is 10.9. The van der Waals surface area contributed by atoms with Gasteiger partial charge in [0.05, 0.1) is 0 Å².